The Hall–Kier alpha value is -3.88. The second-order valence-electron chi connectivity index (χ2n) is 7.35. The first kappa shape index (κ1) is 18.2. The number of hydrogen-bond donors (Lipinski definition) is 1. The number of rotatable bonds is 3. The maximum Gasteiger partial charge on any atom is 0.274 e. The predicted molar refractivity (Wildman–Crippen MR) is 113 cm³/mol. The van der Waals surface area contributed by atoms with E-state index >= 15 is 0 Å². The highest BCUT2D eigenvalue weighted by Crippen LogP contribution is 2.27. The Morgan fingerprint density at radius 1 is 1.10 bits per heavy atom. The number of nitrogens with zero attached hydrogens (tertiary/aromatic N) is 7. The first-order valence-corrected chi connectivity index (χ1v) is 9.70. The lowest BCUT2D eigenvalue weighted by Crippen LogP contribution is -2.33. The molecule has 4 aromatic heterocycles. The van der Waals surface area contributed by atoms with Gasteiger partial charge in [0, 0.05) is 37.5 Å². The van der Waals surface area contributed by atoms with Gasteiger partial charge in [0.15, 0.2) is 11.5 Å². The molecular formula is C21H20N8O. The minimum atomic E-state index is -0.188. The highest BCUT2D eigenvalue weighted by molar-refractivity contribution is 5.61. The molecule has 0 fully saturated rings. The van der Waals surface area contributed by atoms with Crippen LogP contribution < -0.4 is 15.8 Å². The number of anilines is 3. The fourth-order valence-corrected chi connectivity index (χ4v) is 3.70. The highest BCUT2D eigenvalue weighted by Gasteiger charge is 2.21. The molecule has 1 N–H and O–H groups in total. The monoisotopic (exact) mass is 400 g/mol. The van der Waals surface area contributed by atoms with Crippen LogP contribution in [0.4, 0.5) is 17.2 Å². The van der Waals surface area contributed by atoms with Gasteiger partial charge in [-0.25, -0.2) is 15.0 Å². The van der Waals surface area contributed by atoms with Crippen molar-refractivity contribution in [2.45, 2.75) is 26.8 Å². The topological polar surface area (TPSA) is 101 Å². The van der Waals surface area contributed by atoms with Crippen LogP contribution in [0.15, 0.2) is 47.9 Å². The van der Waals surface area contributed by atoms with Gasteiger partial charge in [0.05, 0.1) is 29.5 Å². The average Bonchev–Trinajstić information content (AvgIpc) is 2.75. The molecular weight excluding hydrogens is 380 g/mol. The van der Waals surface area contributed by atoms with Gasteiger partial charge in [-0.15, -0.1) is 5.10 Å². The van der Waals surface area contributed by atoms with Crippen LogP contribution in [0.3, 0.4) is 0 Å². The van der Waals surface area contributed by atoms with Crippen LogP contribution in [0, 0.1) is 13.8 Å². The number of fused-ring (bicyclic) bond motifs is 2. The average molecular weight is 400 g/mol. The molecule has 9 heteroatoms. The standard InChI is InChI=1S/C21H20N8O/c1-13-7-19-23-5-3-20(30)29(19)27-21(13)28-6-4-17-15(11-28)8-16(9-24-17)26-18-10-22-12-25-14(18)2/h3,5,7-10,12,26H,4,6,11H2,1-2H3. The third-order valence-electron chi connectivity index (χ3n) is 5.27. The van der Waals surface area contributed by atoms with Gasteiger partial charge in [-0.2, -0.15) is 4.52 Å². The van der Waals surface area contributed by atoms with Gasteiger partial charge in [-0.05, 0) is 37.1 Å². The Kier molecular flexibility index (Phi) is 4.35. The molecule has 0 radical (unpaired) electrons. The summed E-state index contributed by atoms with van der Waals surface area (Å²) in [5, 5.41) is 7.93. The lowest BCUT2D eigenvalue weighted by molar-refractivity contribution is 0.686. The van der Waals surface area contributed by atoms with E-state index in [0.29, 0.717) is 12.2 Å². The maximum absolute atomic E-state index is 12.2. The molecule has 9 nitrogen and oxygen atoms in total. The molecule has 4 aromatic rings. The Morgan fingerprint density at radius 2 is 2.00 bits per heavy atom. The largest absolute Gasteiger partial charge is 0.352 e. The molecule has 0 saturated heterocycles. The third kappa shape index (κ3) is 3.24. The van der Waals surface area contributed by atoms with Crippen molar-refractivity contribution in [3.63, 3.8) is 0 Å². The quantitative estimate of drug-likeness (QED) is 0.559. The highest BCUT2D eigenvalue weighted by atomic mass is 16.1. The van der Waals surface area contributed by atoms with Crippen LogP contribution in [-0.2, 0) is 13.0 Å². The fraction of sp³-hybridized carbons (Fsp3) is 0.238. The van der Waals surface area contributed by atoms with Crippen LogP contribution in [-0.4, -0.2) is 36.1 Å². The van der Waals surface area contributed by atoms with E-state index in [1.54, 1.807) is 6.20 Å². The van der Waals surface area contributed by atoms with Crippen LogP contribution >= 0.6 is 0 Å². The van der Waals surface area contributed by atoms with Crippen LogP contribution in [0.5, 0.6) is 0 Å². The summed E-state index contributed by atoms with van der Waals surface area (Å²) in [4.78, 5) is 31.5. The van der Waals surface area contributed by atoms with Crippen LogP contribution in [0.25, 0.3) is 5.65 Å². The Labute approximate surface area is 172 Å². The fourth-order valence-electron chi connectivity index (χ4n) is 3.70. The van der Waals surface area contributed by atoms with Crippen molar-refractivity contribution in [2.24, 2.45) is 0 Å². The number of hydrogen-bond acceptors (Lipinski definition) is 8. The number of nitrogens with one attached hydrogen (secondary N) is 1. The number of aryl methyl sites for hydroxylation is 2. The van der Waals surface area contributed by atoms with Gasteiger partial charge in [0.1, 0.15) is 6.33 Å². The van der Waals surface area contributed by atoms with Gasteiger partial charge in [-0.1, -0.05) is 0 Å². The van der Waals surface area contributed by atoms with E-state index in [4.69, 9.17) is 0 Å². The summed E-state index contributed by atoms with van der Waals surface area (Å²) in [5.41, 5.74) is 6.16. The van der Waals surface area contributed by atoms with E-state index in [-0.39, 0.29) is 5.56 Å². The number of aromatic nitrogens is 6. The molecule has 0 amide bonds. The summed E-state index contributed by atoms with van der Waals surface area (Å²) < 4.78 is 1.35. The van der Waals surface area contributed by atoms with Crippen molar-refractivity contribution >= 4 is 22.8 Å². The van der Waals surface area contributed by atoms with E-state index in [9.17, 15) is 4.79 Å². The van der Waals surface area contributed by atoms with E-state index < -0.39 is 0 Å². The summed E-state index contributed by atoms with van der Waals surface area (Å²) in [6.07, 6.45) is 7.44. The molecule has 1 aliphatic rings. The zero-order chi connectivity index (χ0) is 20.7. The lowest BCUT2D eigenvalue weighted by Gasteiger charge is -2.30. The molecule has 0 spiro atoms. The van der Waals surface area contributed by atoms with E-state index in [1.807, 2.05) is 26.1 Å². The smallest absolute Gasteiger partial charge is 0.274 e. The van der Waals surface area contributed by atoms with Gasteiger partial charge >= 0.3 is 0 Å². The molecule has 5 heterocycles. The lowest BCUT2D eigenvalue weighted by atomic mass is 10.0. The second-order valence-corrected chi connectivity index (χ2v) is 7.35. The molecule has 1 aliphatic heterocycles. The van der Waals surface area contributed by atoms with E-state index in [1.165, 1.54) is 23.1 Å². The van der Waals surface area contributed by atoms with E-state index in [2.05, 4.69) is 41.3 Å². The molecule has 0 bridgehead atoms. The summed E-state index contributed by atoms with van der Waals surface area (Å²) in [6.45, 7) is 5.37. The summed E-state index contributed by atoms with van der Waals surface area (Å²) >= 11 is 0. The van der Waals surface area contributed by atoms with Crippen molar-refractivity contribution in [1.29, 1.82) is 0 Å². The molecule has 0 saturated carbocycles. The second kappa shape index (κ2) is 7.18. The van der Waals surface area contributed by atoms with Crippen molar-refractivity contribution in [3.05, 3.63) is 76.0 Å². The maximum atomic E-state index is 12.2. The summed E-state index contributed by atoms with van der Waals surface area (Å²) in [7, 11) is 0. The van der Waals surface area contributed by atoms with Crippen molar-refractivity contribution < 1.29 is 0 Å². The molecule has 5 rings (SSSR count). The van der Waals surface area contributed by atoms with Crippen LogP contribution in [0.2, 0.25) is 0 Å². The van der Waals surface area contributed by atoms with Crippen molar-refractivity contribution in [2.75, 3.05) is 16.8 Å². The Balaban J connectivity index is 1.47. The minimum Gasteiger partial charge on any atom is -0.352 e. The van der Waals surface area contributed by atoms with E-state index in [0.717, 1.165) is 52.7 Å². The molecule has 0 unspecified atom stereocenters. The normalized spacial score (nSPS) is 13.3. The first-order chi connectivity index (χ1) is 14.6. The van der Waals surface area contributed by atoms with Gasteiger partial charge in [-0.3, -0.25) is 9.78 Å². The third-order valence-corrected chi connectivity index (χ3v) is 5.27. The molecule has 0 aromatic carbocycles. The molecule has 150 valence electrons. The Morgan fingerprint density at radius 3 is 2.87 bits per heavy atom. The predicted octanol–water partition coefficient (Wildman–Crippen LogP) is 2.20. The molecule has 0 aliphatic carbocycles. The summed E-state index contributed by atoms with van der Waals surface area (Å²) in [5.74, 6) is 0.786. The van der Waals surface area contributed by atoms with Gasteiger partial charge < -0.3 is 10.2 Å². The first-order valence-electron chi connectivity index (χ1n) is 9.70. The summed E-state index contributed by atoms with van der Waals surface area (Å²) in [6, 6.07) is 5.42. The van der Waals surface area contributed by atoms with Crippen molar-refractivity contribution in [3.8, 4) is 0 Å². The molecule has 0 atom stereocenters. The van der Waals surface area contributed by atoms with Gasteiger partial charge in [0.25, 0.3) is 5.56 Å². The zero-order valence-electron chi connectivity index (χ0n) is 16.7. The van der Waals surface area contributed by atoms with Crippen molar-refractivity contribution in [1.82, 2.24) is 29.5 Å². The van der Waals surface area contributed by atoms with Gasteiger partial charge in [0.2, 0.25) is 0 Å². The number of pyridine rings is 1. The zero-order valence-corrected chi connectivity index (χ0v) is 16.7. The SMILES string of the molecule is Cc1cc2nccc(=O)n2nc1N1CCc2ncc(Nc3cncnc3C)cc2C1. The Bertz CT molecular complexity index is 1320. The van der Waals surface area contributed by atoms with Crippen LogP contribution in [0.1, 0.15) is 22.5 Å². The molecule has 30 heavy (non-hydrogen) atoms. The minimum absolute atomic E-state index is 0.188.